The molecule has 2 nitrogen and oxygen atoms in total. The summed E-state index contributed by atoms with van der Waals surface area (Å²) < 4.78 is 40.1. The lowest BCUT2D eigenvalue weighted by Gasteiger charge is -2.20. The lowest BCUT2D eigenvalue weighted by molar-refractivity contribution is -0.274. The molecule has 1 fully saturated rings. The zero-order chi connectivity index (χ0) is 15.1. The number of alkyl halides is 3. The van der Waals surface area contributed by atoms with E-state index in [4.69, 9.17) is 0 Å². The Balaban J connectivity index is 1.79. The first-order valence-corrected chi connectivity index (χ1v) is 7.62. The molecule has 0 saturated heterocycles. The third kappa shape index (κ3) is 6.27. The normalized spacial score (nSPS) is 17.9. The maximum atomic E-state index is 12.1. The van der Waals surface area contributed by atoms with E-state index in [1.54, 1.807) is 12.1 Å². The van der Waals surface area contributed by atoms with E-state index in [-0.39, 0.29) is 5.75 Å². The van der Waals surface area contributed by atoms with Gasteiger partial charge in [0.1, 0.15) is 5.75 Å². The molecule has 21 heavy (non-hydrogen) atoms. The van der Waals surface area contributed by atoms with Crippen LogP contribution in [0.15, 0.2) is 24.3 Å². The van der Waals surface area contributed by atoms with Crippen LogP contribution in [-0.2, 0) is 0 Å². The number of hydrogen-bond donors (Lipinski definition) is 1. The number of ether oxygens (including phenoxy) is 1. The van der Waals surface area contributed by atoms with Crippen LogP contribution in [0, 0.1) is 5.92 Å². The fourth-order valence-electron chi connectivity index (χ4n) is 2.78. The van der Waals surface area contributed by atoms with Crippen LogP contribution in [0.25, 0.3) is 0 Å². The highest BCUT2D eigenvalue weighted by Crippen LogP contribution is 2.25. The average Bonchev–Trinajstić information content (AvgIpc) is 2.37. The number of rotatable bonds is 4. The summed E-state index contributed by atoms with van der Waals surface area (Å²) in [6.45, 7) is 0.888. The molecule has 1 aromatic rings. The van der Waals surface area contributed by atoms with Crippen molar-refractivity contribution in [1.82, 2.24) is 0 Å². The maximum absolute atomic E-state index is 12.1. The Morgan fingerprint density at radius 3 is 2.10 bits per heavy atom. The topological polar surface area (TPSA) is 21.3 Å². The molecule has 0 unspecified atom stereocenters. The molecule has 2 rings (SSSR count). The monoisotopic (exact) mass is 301 g/mol. The molecular formula is C16H22F3NO. The molecule has 1 N–H and O–H groups in total. The molecule has 0 aliphatic heterocycles. The summed E-state index contributed by atoms with van der Waals surface area (Å²) in [4.78, 5) is 0. The smallest absolute Gasteiger partial charge is 0.406 e. The second kappa shape index (κ2) is 7.57. The summed E-state index contributed by atoms with van der Waals surface area (Å²) >= 11 is 0. The van der Waals surface area contributed by atoms with Crippen LogP contribution in [0.1, 0.15) is 44.9 Å². The summed E-state index contributed by atoms with van der Waals surface area (Å²) in [6.07, 6.45) is 4.40. The second-order valence-electron chi connectivity index (χ2n) is 5.66. The molecule has 0 bridgehead atoms. The van der Waals surface area contributed by atoms with Crippen LogP contribution in [-0.4, -0.2) is 12.9 Å². The molecule has 0 spiro atoms. The zero-order valence-corrected chi connectivity index (χ0v) is 12.1. The van der Waals surface area contributed by atoms with Gasteiger partial charge in [0.05, 0.1) is 0 Å². The molecule has 1 aliphatic rings. The van der Waals surface area contributed by atoms with Gasteiger partial charge in [-0.2, -0.15) is 0 Å². The fraction of sp³-hybridized carbons (Fsp3) is 0.625. The van der Waals surface area contributed by atoms with E-state index in [0.29, 0.717) is 5.92 Å². The third-order valence-corrected chi connectivity index (χ3v) is 3.91. The van der Waals surface area contributed by atoms with Gasteiger partial charge in [-0.3, -0.25) is 0 Å². The van der Waals surface area contributed by atoms with Crippen LogP contribution >= 0.6 is 0 Å². The Kier molecular flexibility index (Phi) is 5.76. The van der Waals surface area contributed by atoms with Crippen LogP contribution in [0.2, 0.25) is 0 Å². The third-order valence-electron chi connectivity index (χ3n) is 3.91. The number of halogens is 3. The minimum absolute atomic E-state index is 0.181. The van der Waals surface area contributed by atoms with E-state index in [0.717, 1.165) is 12.2 Å². The maximum Gasteiger partial charge on any atom is 0.573 e. The van der Waals surface area contributed by atoms with Crippen molar-refractivity contribution in [3.8, 4) is 5.75 Å². The van der Waals surface area contributed by atoms with Crippen LogP contribution in [0.3, 0.4) is 0 Å². The van der Waals surface area contributed by atoms with Crippen LogP contribution in [0.4, 0.5) is 18.9 Å². The van der Waals surface area contributed by atoms with Gasteiger partial charge in [-0.05, 0) is 43.0 Å². The van der Waals surface area contributed by atoms with Gasteiger partial charge in [0, 0.05) is 12.2 Å². The molecule has 0 heterocycles. The SMILES string of the molecule is FC(F)(F)Oc1ccc(NCC2CCCCCCC2)cc1. The predicted octanol–water partition coefficient (Wildman–Crippen LogP) is 5.36. The number of benzene rings is 1. The van der Waals surface area contributed by atoms with Crippen LogP contribution in [0.5, 0.6) is 5.75 Å². The highest BCUT2D eigenvalue weighted by molar-refractivity contribution is 5.46. The van der Waals surface area contributed by atoms with E-state index >= 15 is 0 Å². The first kappa shape index (κ1) is 16.0. The molecular weight excluding hydrogens is 279 g/mol. The largest absolute Gasteiger partial charge is 0.573 e. The van der Waals surface area contributed by atoms with Gasteiger partial charge >= 0.3 is 6.36 Å². The highest BCUT2D eigenvalue weighted by Gasteiger charge is 2.30. The van der Waals surface area contributed by atoms with E-state index in [9.17, 15) is 13.2 Å². The van der Waals surface area contributed by atoms with Gasteiger partial charge < -0.3 is 10.1 Å². The van der Waals surface area contributed by atoms with E-state index in [1.807, 2.05) is 0 Å². The van der Waals surface area contributed by atoms with Gasteiger partial charge in [-0.1, -0.05) is 32.1 Å². The van der Waals surface area contributed by atoms with E-state index < -0.39 is 6.36 Å². The summed E-state index contributed by atoms with van der Waals surface area (Å²) in [7, 11) is 0. The first-order chi connectivity index (χ1) is 10.0. The van der Waals surface area contributed by atoms with Crippen molar-refractivity contribution >= 4 is 5.69 Å². The van der Waals surface area contributed by atoms with Crippen molar-refractivity contribution in [2.75, 3.05) is 11.9 Å². The Hall–Kier alpha value is -1.39. The first-order valence-electron chi connectivity index (χ1n) is 7.62. The number of anilines is 1. The second-order valence-corrected chi connectivity index (χ2v) is 5.66. The van der Waals surface area contributed by atoms with Crippen molar-refractivity contribution in [3.05, 3.63) is 24.3 Å². The molecule has 0 radical (unpaired) electrons. The van der Waals surface area contributed by atoms with Gasteiger partial charge in [-0.15, -0.1) is 13.2 Å². The van der Waals surface area contributed by atoms with Crippen molar-refractivity contribution in [3.63, 3.8) is 0 Å². The molecule has 1 aromatic carbocycles. The van der Waals surface area contributed by atoms with Gasteiger partial charge in [0.15, 0.2) is 0 Å². The molecule has 0 aromatic heterocycles. The minimum Gasteiger partial charge on any atom is -0.406 e. The summed E-state index contributed by atoms with van der Waals surface area (Å²) in [5.74, 6) is 0.482. The average molecular weight is 301 g/mol. The van der Waals surface area contributed by atoms with Crippen LogP contribution < -0.4 is 10.1 Å². The quantitative estimate of drug-likeness (QED) is 0.808. The van der Waals surface area contributed by atoms with Crippen molar-refractivity contribution in [1.29, 1.82) is 0 Å². The minimum atomic E-state index is -4.63. The molecule has 0 atom stereocenters. The zero-order valence-electron chi connectivity index (χ0n) is 12.1. The molecule has 1 aliphatic carbocycles. The summed E-state index contributed by atoms with van der Waals surface area (Å²) in [6, 6.07) is 5.94. The summed E-state index contributed by atoms with van der Waals surface area (Å²) in [5, 5.41) is 3.32. The van der Waals surface area contributed by atoms with Crippen molar-refractivity contribution in [2.45, 2.75) is 51.3 Å². The Morgan fingerprint density at radius 2 is 1.52 bits per heavy atom. The fourth-order valence-corrected chi connectivity index (χ4v) is 2.78. The standard InChI is InChI=1S/C16H22F3NO/c17-16(18,19)21-15-10-8-14(9-11-15)20-12-13-6-4-2-1-3-5-7-13/h8-11,13,20H,1-7,12H2. The molecule has 118 valence electrons. The molecule has 1 saturated carbocycles. The van der Waals surface area contributed by atoms with Crippen molar-refractivity contribution < 1.29 is 17.9 Å². The molecule has 0 amide bonds. The summed E-state index contributed by atoms with van der Waals surface area (Å²) in [5.41, 5.74) is 0.839. The van der Waals surface area contributed by atoms with Gasteiger partial charge in [-0.25, -0.2) is 0 Å². The van der Waals surface area contributed by atoms with Gasteiger partial charge in [0.25, 0.3) is 0 Å². The Morgan fingerprint density at radius 1 is 0.952 bits per heavy atom. The van der Waals surface area contributed by atoms with Gasteiger partial charge in [0.2, 0.25) is 0 Å². The van der Waals surface area contributed by atoms with Crippen molar-refractivity contribution in [2.24, 2.45) is 5.92 Å². The highest BCUT2D eigenvalue weighted by atomic mass is 19.4. The predicted molar refractivity (Wildman–Crippen MR) is 77.4 cm³/mol. The Labute approximate surface area is 123 Å². The Bertz CT molecular complexity index is 409. The number of nitrogens with one attached hydrogen (secondary N) is 1. The van der Waals surface area contributed by atoms with E-state index in [1.165, 1.54) is 57.1 Å². The molecule has 5 heteroatoms. The lowest BCUT2D eigenvalue weighted by Crippen LogP contribution is -2.17. The van der Waals surface area contributed by atoms with E-state index in [2.05, 4.69) is 10.1 Å². The number of hydrogen-bond acceptors (Lipinski definition) is 2. The lowest BCUT2D eigenvalue weighted by atomic mass is 9.91.